The average Bonchev–Trinajstić information content (AvgIpc) is 2.14. The maximum absolute atomic E-state index is 13.3. The van der Waals surface area contributed by atoms with Gasteiger partial charge >= 0.3 is 5.95 Å². The van der Waals surface area contributed by atoms with Crippen LogP contribution in [0.3, 0.4) is 0 Å². The van der Waals surface area contributed by atoms with Gasteiger partial charge in [0.05, 0.1) is 19.7 Å². The van der Waals surface area contributed by atoms with Crippen LogP contribution in [-0.4, -0.2) is 30.6 Å². The van der Waals surface area contributed by atoms with Gasteiger partial charge in [-0.1, -0.05) is 5.10 Å². The Bertz CT molecular complexity index is 264. The van der Waals surface area contributed by atoms with Crippen LogP contribution in [0.15, 0.2) is 16.6 Å². The lowest BCUT2D eigenvalue weighted by Gasteiger charge is -2.14. The Balaban J connectivity index is 3.10. The van der Waals surface area contributed by atoms with Crippen LogP contribution in [0.2, 0.25) is 0 Å². The van der Waals surface area contributed by atoms with Crippen LogP contribution in [0.25, 0.3) is 0 Å². The Labute approximate surface area is 70.8 Å². The van der Waals surface area contributed by atoms with Crippen molar-refractivity contribution in [2.75, 3.05) is 14.1 Å². The highest BCUT2D eigenvalue weighted by atomic mass is 19.1. The minimum Gasteiger partial charge on any atom is -0.241 e. The first kappa shape index (κ1) is 9.32. The molecule has 0 bridgehead atoms. The van der Waals surface area contributed by atoms with E-state index in [-0.39, 0.29) is 16.3 Å². The van der Waals surface area contributed by atoms with Gasteiger partial charge in [-0.3, -0.25) is 0 Å². The van der Waals surface area contributed by atoms with Gasteiger partial charge in [-0.15, -0.1) is 8.98 Å². The second kappa shape index (κ2) is 2.62. The van der Waals surface area contributed by atoms with Crippen molar-refractivity contribution in [3.05, 3.63) is 11.5 Å². The predicted octanol–water partition coefficient (Wildman–Crippen LogP) is 1.99. The Morgan fingerprint density at radius 3 is 2.08 bits per heavy atom. The van der Waals surface area contributed by atoms with Crippen molar-refractivity contribution in [3.8, 4) is 0 Å². The molecule has 1 atom stereocenters. The molecule has 0 saturated heterocycles. The van der Waals surface area contributed by atoms with E-state index in [1.165, 1.54) is 6.92 Å². The molecule has 0 aromatic rings. The third-order valence-electron chi connectivity index (χ3n) is 1.91. The summed E-state index contributed by atoms with van der Waals surface area (Å²) in [5.74, 6) is -0.380. The molecule has 0 aromatic heterocycles. The third-order valence-corrected chi connectivity index (χ3v) is 1.91. The second-order valence-corrected chi connectivity index (χ2v) is 3.41. The van der Waals surface area contributed by atoms with Gasteiger partial charge in [0.15, 0.2) is 0 Å². The molecule has 2 nitrogen and oxygen atoms in total. The zero-order valence-corrected chi connectivity index (χ0v) is 7.73. The number of hydrogen-bond donors (Lipinski definition) is 0. The van der Waals surface area contributed by atoms with E-state index in [1.54, 1.807) is 21.0 Å². The van der Waals surface area contributed by atoms with Crippen LogP contribution in [0.4, 0.5) is 8.78 Å². The van der Waals surface area contributed by atoms with Gasteiger partial charge in [0.25, 0.3) is 0 Å². The van der Waals surface area contributed by atoms with E-state index in [2.05, 4.69) is 5.10 Å². The molecular formula is C8H13F2N2+. The number of allylic oxidation sites excluding steroid dienone is 1. The smallest absolute Gasteiger partial charge is 0.241 e. The molecule has 1 rings (SSSR count). The standard InChI is InChI=1S/C8H13F2N2/c1-5-7(6(2)9)11-12(3,4)8(5)10/h6H,1-4H3/q+1. The van der Waals surface area contributed by atoms with Gasteiger partial charge in [0.2, 0.25) is 0 Å². The molecule has 12 heavy (non-hydrogen) atoms. The summed E-state index contributed by atoms with van der Waals surface area (Å²) in [4.78, 5) is 0. The van der Waals surface area contributed by atoms with E-state index in [0.717, 1.165) is 0 Å². The average molecular weight is 175 g/mol. The van der Waals surface area contributed by atoms with Gasteiger partial charge in [0, 0.05) is 0 Å². The highest BCUT2D eigenvalue weighted by Gasteiger charge is 2.37. The molecule has 1 aliphatic heterocycles. The number of hydrogen-bond acceptors (Lipinski definition) is 1. The lowest BCUT2D eigenvalue weighted by atomic mass is 10.1. The molecule has 0 amide bonds. The summed E-state index contributed by atoms with van der Waals surface area (Å²) < 4.78 is 25.9. The Morgan fingerprint density at radius 1 is 1.42 bits per heavy atom. The number of nitrogens with zero attached hydrogens (tertiary/aromatic N) is 2. The van der Waals surface area contributed by atoms with E-state index in [1.807, 2.05) is 0 Å². The minimum atomic E-state index is -1.20. The van der Waals surface area contributed by atoms with Crippen LogP contribution < -0.4 is 0 Å². The summed E-state index contributed by atoms with van der Waals surface area (Å²) in [6.45, 7) is 2.91. The highest BCUT2D eigenvalue weighted by Crippen LogP contribution is 2.28. The summed E-state index contributed by atoms with van der Waals surface area (Å²) in [6.07, 6.45) is -1.20. The first-order valence-electron chi connectivity index (χ1n) is 3.81. The zero-order chi connectivity index (χ0) is 9.52. The van der Waals surface area contributed by atoms with Crippen LogP contribution in [0.5, 0.6) is 0 Å². The molecule has 68 valence electrons. The fraction of sp³-hybridized carbons (Fsp3) is 0.625. The lowest BCUT2D eigenvalue weighted by Crippen LogP contribution is -2.28. The fourth-order valence-corrected chi connectivity index (χ4v) is 1.28. The van der Waals surface area contributed by atoms with E-state index in [9.17, 15) is 8.78 Å². The number of halogens is 2. The molecule has 0 N–H and O–H groups in total. The molecule has 0 saturated carbocycles. The molecule has 0 aliphatic carbocycles. The van der Waals surface area contributed by atoms with Gasteiger partial charge in [-0.2, -0.15) is 0 Å². The number of alkyl halides is 1. The Hall–Kier alpha value is -0.770. The summed E-state index contributed by atoms with van der Waals surface area (Å²) in [7, 11) is 3.16. The first-order chi connectivity index (χ1) is 5.36. The normalized spacial score (nSPS) is 24.3. The third kappa shape index (κ3) is 1.27. The molecule has 0 aromatic carbocycles. The van der Waals surface area contributed by atoms with E-state index in [0.29, 0.717) is 5.57 Å². The summed E-state index contributed by atoms with van der Waals surface area (Å²) >= 11 is 0. The largest absolute Gasteiger partial charge is 0.316 e. The van der Waals surface area contributed by atoms with Crippen molar-refractivity contribution in [2.24, 2.45) is 5.10 Å². The molecule has 0 fully saturated rings. The zero-order valence-electron chi connectivity index (χ0n) is 7.73. The number of quaternary nitrogens is 1. The van der Waals surface area contributed by atoms with Gasteiger partial charge in [-0.25, -0.2) is 4.39 Å². The van der Waals surface area contributed by atoms with Crippen LogP contribution in [0.1, 0.15) is 13.8 Å². The minimum absolute atomic E-state index is 0.220. The maximum atomic E-state index is 13.3. The van der Waals surface area contributed by atoms with Crippen molar-refractivity contribution in [3.63, 3.8) is 0 Å². The molecule has 0 spiro atoms. The molecule has 4 heteroatoms. The summed E-state index contributed by atoms with van der Waals surface area (Å²) in [5, 5.41) is 3.91. The van der Waals surface area contributed by atoms with Crippen molar-refractivity contribution < 1.29 is 13.4 Å². The van der Waals surface area contributed by atoms with Crippen LogP contribution in [-0.2, 0) is 0 Å². The SMILES string of the molecule is CC1=C(F)[N+](C)(C)N=C1C(C)F. The molecular weight excluding hydrogens is 162 g/mol. The Morgan fingerprint density at radius 2 is 1.92 bits per heavy atom. The highest BCUT2D eigenvalue weighted by molar-refractivity contribution is 6.03. The van der Waals surface area contributed by atoms with Crippen molar-refractivity contribution in [2.45, 2.75) is 20.0 Å². The first-order valence-corrected chi connectivity index (χ1v) is 3.81. The fourth-order valence-electron chi connectivity index (χ4n) is 1.28. The lowest BCUT2D eigenvalue weighted by molar-refractivity contribution is -0.867. The van der Waals surface area contributed by atoms with Crippen molar-refractivity contribution in [1.82, 2.24) is 0 Å². The molecule has 0 radical (unpaired) electrons. The molecule has 1 aliphatic rings. The Kier molecular flexibility index (Phi) is 2.04. The molecule has 1 heterocycles. The van der Waals surface area contributed by atoms with Gasteiger partial charge < -0.3 is 0 Å². The summed E-state index contributed by atoms with van der Waals surface area (Å²) in [6, 6.07) is 0. The second-order valence-electron chi connectivity index (χ2n) is 3.41. The maximum Gasteiger partial charge on any atom is 0.316 e. The van der Waals surface area contributed by atoms with Crippen molar-refractivity contribution >= 4 is 5.71 Å². The van der Waals surface area contributed by atoms with Crippen molar-refractivity contribution in [1.29, 1.82) is 0 Å². The summed E-state index contributed by atoms with van der Waals surface area (Å²) in [5.41, 5.74) is 0.549. The predicted molar refractivity (Wildman–Crippen MR) is 43.9 cm³/mol. The van der Waals surface area contributed by atoms with E-state index >= 15 is 0 Å². The van der Waals surface area contributed by atoms with Crippen LogP contribution in [0, 0.1) is 0 Å². The van der Waals surface area contributed by atoms with E-state index in [4.69, 9.17) is 0 Å². The van der Waals surface area contributed by atoms with E-state index < -0.39 is 6.17 Å². The van der Waals surface area contributed by atoms with Crippen LogP contribution >= 0.6 is 0 Å². The molecule has 1 unspecified atom stereocenters. The monoisotopic (exact) mass is 175 g/mol. The van der Waals surface area contributed by atoms with Gasteiger partial charge in [0.1, 0.15) is 11.9 Å². The number of rotatable bonds is 1. The quantitative estimate of drug-likeness (QED) is 0.427. The van der Waals surface area contributed by atoms with Gasteiger partial charge in [-0.05, 0) is 13.8 Å². The topological polar surface area (TPSA) is 12.4 Å².